The molecule has 0 heterocycles. The lowest BCUT2D eigenvalue weighted by Gasteiger charge is -2.27. The van der Waals surface area contributed by atoms with E-state index in [0.717, 1.165) is 18.8 Å². The molecule has 0 aliphatic rings. The lowest BCUT2D eigenvalue weighted by Crippen LogP contribution is -2.17. The number of hydrogen-bond donors (Lipinski definition) is 0. The Labute approximate surface area is 113 Å². The summed E-state index contributed by atoms with van der Waals surface area (Å²) in [7, 11) is 0. The summed E-state index contributed by atoms with van der Waals surface area (Å²) in [6, 6.07) is 6.64. The summed E-state index contributed by atoms with van der Waals surface area (Å²) in [5.41, 5.74) is 2.98. The fourth-order valence-corrected chi connectivity index (χ4v) is 1.92. The molecule has 1 aromatic rings. The van der Waals surface area contributed by atoms with Crippen LogP contribution in [0.5, 0.6) is 5.75 Å². The van der Waals surface area contributed by atoms with Gasteiger partial charge in [0.15, 0.2) is 0 Å². The largest absolute Gasteiger partial charge is 0.493 e. The molecule has 1 heteroatoms. The van der Waals surface area contributed by atoms with Gasteiger partial charge in [-0.3, -0.25) is 0 Å². The average Bonchev–Trinajstić information content (AvgIpc) is 2.23. The lowest BCUT2D eigenvalue weighted by molar-refractivity contribution is 0.308. The third-order valence-corrected chi connectivity index (χ3v) is 3.12. The maximum absolute atomic E-state index is 5.88. The van der Waals surface area contributed by atoms with Crippen molar-refractivity contribution in [1.82, 2.24) is 0 Å². The summed E-state index contributed by atoms with van der Waals surface area (Å²) in [4.78, 5) is 0. The van der Waals surface area contributed by atoms with E-state index in [0.29, 0.717) is 0 Å². The van der Waals surface area contributed by atoms with Crippen LogP contribution in [0, 0.1) is 0 Å². The maximum Gasteiger partial charge on any atom is 0.123 e. The number of benzene rings is 1. The van der Waals surface area contributed by atoms with Crippen LogP contribution in [0.1, 0.15) is 66.0 Å². The Balaban J connectivity index is 3.21. The molecule has 0 unspecified atom stereocenters. The third kappa shape index (κ3) is 3.76. The van der Waals surface area contributed by atoms with Gasteiger partial charge in [-0.2, -0.15) is 0 Å². The quantitative estimate of drug-likeness (QED) is 0.725. The Morgan fingerprint density at radius 2 is 1.56 bits per heavy atom. The van der Waals surface area contributed by atoms with E-state index in [9.17, 15) is 0 Å². The topological polar surface area (TPSA) is 9.23 Å². The summed E-state index contributed by atoms with van der Waals surface area (Å²) < 4.78 is 5.88. The van der Waals surface area contributed by atoms with Crippen LogP contribution < -0.4 is 4.74 Å². The highest BCUT2D eigenvalue weighted by molar-refractivity contribution is 5.43. The summed E-state index contributed by atoms with van der Waals surface area (Å²) in [6.07, 6.45) is 1.05. The minimum Gasteiger partial charge on any atom is -0.493 e. The Bertz CT molecular complexity index is 391. The maximum atomic E-state index is 5.88. The van der Waals surface area contributed by atoms with Crippen LogP contribution >= 0.6 is 0 Å². The highest BCUT2D eigenvalue weighted by atomic mass is 16.5. The fourth-order valence-electron chi connectivity index (χ4n) is 1.92. The van der Waals surface area contributed by atoms with Gasteiger partial charge in [-0.15, -0.1) is 0 Å². The van der Waals surface area contributed by atoms with Crippen molar-refractivity contribution in [1.29, 1.82) is 0 Å². The first-order valence-corrected chi connectivity index (χ1v) is 6.94. The minimum atomic E-state index is 0.115. The molecule has 0 aliphatic heterocycles. The van der Waals surface area contributed by atoms with Gasteiger partial charge in [-0.25, -0.2) is 0 Å². The van der Waals surface area contributed by atoms with Gasteiger partial charge >= 0.3 is 0 Å². The van der Waals surface area contributed by atoms with E-state index in [2.05, 4.69) is 66.7 Å². The zero-order valence-electron chi connectivity index (χ0n) is 13.1. The smallest absolute Gasteiger partial charge is 0.123 e. The molecule has 0 radical (unpaired) electrons. The molecule has 1 rings (SSSR count). The molecule has 0 atom stereocenters. The molecule has 0 aromatic heterocycles. The normalized spacial score (nSPS) is 12.6. The Morgan fingerprint density at radius 1 is 0.944 bits per heavy atom. The molecule has 0 fully saturated rings. The third-order valence-electron chi connectivity index (χ3n) is 3.12. The molecule has 0 aliphatic carbocycles. The van der Waals surface area contributed by atoms with E-state index >= 15 is 0 Å². The molecule has 0 bridgehead atoms. The SMILES string of the molecule is CCCOc1ccc(C(C)(C)C)cc1C(C)(C)C. The van der Waals surface area contributed by atoms with Crippen molar-refractivity contribution in [3.8, 4) is 5.75 Å². The van der Waals surface area contributed by atoms with Crippen LogP contribution in [-0.2, 0) is 10.8 Å². The molecular weight excluding hydrogens is 220 g/mol. The van der Waals surface area contributed by atoms with Crippen LogP contribution in [0.4, 0.5) is 0 Å². The van der Waals surface area contributed by atoms with E-state index in [1.807, 2.05) is 0 Å². The van der Waals surface area contributed by atoms with Crippen molar-refractivity contribution in [2.75, 3.05) is 6.61 Å². The summed E-state index contributed by atoms with van der Waals surface area (Å²) in [5.74, 6) is 1.04. The predicted molar refractivity (Wildman–Crippen MR) is 79.6 cm³/mol. The Morgan fingerprint density at radius 3 is 2.00 bits per heavy atom. The average molecular weight is 248 g/mol. The van der Waals surface area contributed by atoms with Crippen LogP contribution in [0.15, 0.2) is 18.2 Å². The first-order valence-electron chi connectivity index (χ1n) is 6.94. The first kappa shape index (κ1) is 15.1. The fraction of sp³-hybridized carbons (Fsp3) is 0.647. The Kier molecular flexibility index (Phi) is 4.47. The van der Waals surface area contributed by atoms with Gasteiger partial charge in [-0.05, 0) is 34.4 Å². The second-order valence-electron chi connectivity index (χ2n) is 7.06. The zero-order chi connectivity index (χ0) is 14.0. The predicted octanol–water partition coefficient (Wildman–Crippen LogP) is 5.07. The van der Waals surface area contributed by atoms with Crippen molar-refractivity contribution in [3.05, 3.63) is 29.3 Å². The molecule has 18 heavy (non-hydrogen) atoms. The molecule has 0 amide bonds. The second kappa shape index (κ2) is 5.34. The van der Waals surface area contributed by atoms with Crippen molar-refractivity contribution in [2.45, 2.75) is 65.7 Å². The van der Waals surface area contributed by atoms with E-state index < -0.39 is 0 Å². The number of rotatable bonds is 3. The molecule has 0 N–H and O–H groups in total. The molecule has 0 spiro atoms. The summed E-state index contributed by atoms with van der Waals surface area (Å²) in [6.45, 7) is 16.4. The van der Waals surface area contributed by atoms with Crippen molar-refractivity contribution >= 4 is 0 Å². The summed E-state index contributed by atoms with van der Waals surface area (Å²) >= 11 is 0. The van der Waals surface area contributed by atoms with Gasteiger partial charge in [0.25, 0.3) is 0 Å². The standard InChI is InChI=1S/C17H28O/c1-8-11-18-15-10-9-13(16(2,3)4)12-14(15)17(5,6)7/h9-10,12H,8,11H2,1-7H3. The number of hydrogen-bond acceptors (Lipinski definition) is 1. The van der Waals surface area contributed by atoms with Crippen LogP contribution in [-0.4, -0.2) is 6.61 Å². The molecule has 1 nitrogen and oxygen atoms in total. The van der Waals surface area contributed by atoms with Crippen LogP contribution in [0.2, 0.25) is 0 Å². The van der Waals surface area contributed by atoms with Gasteiger partial charge in [-0.1, -0.05) is 60.6 Å². The van der Waals surface area contributed by atoms with Gasteiger partial charge < -0.3 is 4.74 Å². The van der Waals surface area contributed by atoms with Crippen molar-refractivity contribution in [3.63, 3.8) is 0 Å². The van der Waals surface area contributed by atoms with Crippen LogP contribution in [0.3, 0.4) is 0 Å². The van der Waals surface area contributed by atoms with E-state index in [1.54, 1.807) is 0 Å². The van der Waals surface area contributed by atoms with Gasteiger partial charge in [0.1, 0.15) is 5.75 Å². The first-order chi connectivity index (χ1) is 8.16. The van der Waals surface area contributed by atoms with Gasteiger partial charge in [0.2, 0.25) is 0 Å². The second-order valence-corrected chi connectivity index (χ2v) is 7.06. The molecule has 0 saturated carbocycles. The van der Waals surface area contributed by atoms with Gasteiger partial charge in [0.05, 0.1) is 6.61 Å². The van der Waals surface area contributed by atoms with E-state index in [-0.39, 0.29) is 10.8 Å². The molecule has 102 valence electrons. The molecule has 0 saturated heterocycles. The van der Waals surface area contributed by atoms with Gasteiger partial charge in [0, 0.05) is 0 Å². The highest BCUT2D eigenvalue weighted by Gasteiger charge is 2.22. The minimum absolute atomic E-state index is 0.115. The monoisotopic (exact) mass is 248 g/mol. The Hall–Kier alpha value is -0.980. The molecular formula is C17H28O. The lowest BCUT2D eigenvalue weighted by atomic mass is 9.80. The highest BCUT2D eigenvalue weighted by Crippen LogP contribution is 2.35. The summed E-state index contributed by atoms with van der Waals surface area (Å²) in [5, 5.41) is 0. The van der Waals surface area contributed by atoms with Crippen molar-refractivity contribution < 1.29 is 4.74 Å². The zero-order valence-corrected chi connectivity index (χ0v) is 13.1. The van der Waals surface area contributed by atoms with E-state index in [1.165, 1.54) is 11.1 Å². The van der Waals surface area contributed by atoms with E-state index in [4.69, 9.17) is 4.74 Å². The van der Waals surface area contributed by atoms with Crippen LogP contribution in [0.25, 0.3) is 0 Å². The van der Waals surface area contributed by atoms with Crippen molar-refractivity contribution in [2.24, 2.45) is 0 Å². The molecule has 1 aromatic carbocycles. The number of ether oxygens (including phenoxy) is 1.